The first kappa shape index (κ1) is 16.2. The lowest BCUT2D eigenvalue weighted by atomic mass is 9.85. The van der Waals surface area contributed by atoms with Gasteiger partial charge in [0, 0.05) is 24.8 Å². The van der Waals surface area contributed by atoms with Gasteiger partial charge in [-0.05, 0) is 55.2 Å². The number of nitrogens with one attached hydrogen (secondary N) is 2. The smallest absolute Gasteiger partial charge is 0.315 e. The summed E-state index contributed by atoms with van der Waals surface area (Å²) in [6.07, 6.45) is 9.91. The van der Waals surface area contributed by atoms with Crippen LogP contribution in [0.25, 0.3) is 0 Å². The van der Waals surface area contributed by atoms with Crippen molar-refractivity contribution in [2.75, 3.05) is 0 Å². The molecule has 5 nitrogen and oxygen atoms in total. The number of nitrogens with zero attached hydrogens (tertiary/aromatic N) is 2. The van der Waals surface area contributed by atoms with Crippen molar-refractivity contribution in [2.45, 2.75) is 58.2 Å². The third-order valence-electron chi connectivity index (χ3n) is 5.62. The summed E-state index contributed by atoms with van der Waals surface area (Å²) in [6.45, 7) is 3.66. The summed E-state index contributed by atoms with van der Waals surface area (Å²) in [5.74, 6) is 0.787. The Morgan fingerprint density at radius 1 is 1.32 bits per heavy atom. The molecule has 1 aromatic heterocycles. The first-order valence-electron chi connectivity index (χ1n) is 9.33. The van der Waals surface area contributed by atoms with Gasteiger partial charge in [0.1, 0.15) is 0 Å². The molecule has 1 fully saturated rings. The molecule has 0 saturated heterocycles. The maximum atomic E-state index is 12.3. The fourth-order valence-corrected chi connectivity index (χ4v) is 3.92. The number of benzene rings is 1. The van der Waals surface area contributed by atoms with E-state index in [0.29, 0.717) is 6.54 Å². The van der Waals surface area contributed by atoms with Gasteiger partial charge in [-0.2, -0.15) is 5.10 Å². The highest BCUT2D eigenvalue weighted by Crippen LogP contribution is 2.32. The molecular formula is C20H26N4O. The van der Waals surface area contributed by atoms with Gasteiger partial charge in [-0.25, -0.2) is 4.79 Å². The van der Waals surface area contributed by atoms with E-state index < -0.39 is 0 Å². The molecule has 1 saturated carbocycles. The number of carbonyl (C=O) groups excluding carboxylic acids is 1. The van der Waals surface area contributed by atoms with Crippen molar-refractivity contribution in [3.05, 3.63) is 52.8 Å². The van der Waals surface area contributed by atoms with Crippen molar-refractivity contribution in [3.8, 4) is 0 Å². The second-order valence-electron chi connectivity index (χ2n) is 7.43. The van der Waals surface area contributed by atoms with Crippen molar-refractivity contribution < 1.29 is 4.79 Å². The van der Waals surface area contributed by atoms with Crippen LogP contribution in [-0.4, -0.2) is 15.8 Å². The lowest BCUT2D eigenvalue weighted by Crippen LogP contribution is -2.36. The fourth-order valence-electron chi connectivity index (χ4n) is 3.92. The summed E-state index contributed by atoms with van der Waals surface area (Å²) >= 11 is 0. The minimum Gasteiger partial charge on any atom is -0.334 e. The molecule has 2 aliphatic carbocycles. The molecule has 4 rings (SSSR count). The summed E-state index contributed by atoms with van der Waals surface area (Å²) in [5, 5.41) is 10.5. The molecule has 1 unspecified atom stereocenters. The Balaban J connectivity index is 1.28. The molecule has 0 spiro atoms. The molecule has 2 amide bonds. The second kappa shape index (κ2) is 6.90. The average Bonchev–Trinajstić information content (AvgIpc) is 3.17. The van der Waals surface area contributed by atoms with Gasteiger partial charge in [-0.3, -0.25) is 4.68 Å². The summed E-state index contributed by atoms with van der Waals surface area (Å²) in [4.78, 5) is 12.3. The Kier molecular flexibility index (Phi) is 4.47. The molecule has 0 radical (unpaired) electrons. The minimum atomic E-state index is -0.105. The van der Waals surface area contributed by atoms with E-state index in [-0.39, 0.29) is 12.1 Å². The Hall–Kier alpha value is -2.30. The highest BCUT2D eigenvalue weighted by molar-refractivity contribution is 5.74. The quantitative estimate of drug-likeness (QED) is 0.877. The van der Waals surface area contributed by atoms with E-state index in [2.05, 4.69) is 40.9 Å². The molecule has 132 valence electrons. The van der Waals surface area contributed by atoms with Gasteiger partial charge in [-0.1, -0.05) is 24.6 Å². The van der Waals surface area contributed by atoms with E-state index in [0.717, 1.165) is 30.9 Å². The van der Waals surface area contributed by atoms with Crippen LogP contribution in [0.1, 0.15) is 54.0 Å². The summed E-state index contributed by atoms with van der Waals surface area (Å²) < 4.78 is 2.01. The predicted molar refractivity (Wildman–Crippen MR) is 97.2 cm³/mol. The topological polar surface area (TPSA) is 59.0 Å². The van der Waals surface area contributed by atoms with Crippen LogP contribution < -0.4 is 10.6 Å². The van der Waals surface area contributed by atoms with Gasteiger partial charge < -0.3 is 10.6 Å². The van der Waals surface area contributed by atoms with Crippen molar-refractivity contribution in [1.82, 2.24) is 20.4 Å². The molecular weight excluding hydrogens is 312 g/mol. The number of hydrogen-bond acceptors (Lipinski definition) is 2. The number of carbonyl (C=O) groups is 1. The molecule has 0 aliphatic heterocycles. The van der Waals surface area contributed by atoms with Gasteiger partial charge in [-0.15, -0.1) is 0 Å². The van der Waals surface area contributed by atoms with Crippen LogP contribution in [0.15, 0.2) is 30.6 Å². The van der Waals surface area contributed by atoms with Crippen molar-refractivity contribution in [3.63, 3.8) is 0 Å². The molecule has 1 heterocycles. The van der Waals surface area contributed by atoms with Crippen LogP contribution in [0.5, 0.6) is 0 Å². The average molecular weight is 338 g/mol. The van der Waals surface area contributed by atoms with Crippen LogP contribution >= 0.6 is 0 Å². The first-order valence-corrected chi connectivity index (χ1v) is 9.33. The zero-order chi connectivity index (χ0) is 17.2. The zero-order valence-corrected chi connectivity index (χ0v) is 14.8. The number of rotatable bonds is 5. The van der Waals surface area contributed by atoms with Crippen LogP contribution in [0, 0.1) is 12.8 Å². The normalized spacial score (nSPS) is 19.3. The molecule has 2 aliphatic rings. The predicted octanol–water partition coefficient (Wildman–Crippen LogP) is 3.48. The molecule has 2 aromatic rings. The summed E-state index contributed by atoms with van der Waals surface area (Å²) in [7, 11) is 0. The molecule has 1 aromatic carbocycles. The third kappa shape index (κ3) is 3.55. The zero-order valence-electron chi connectivity index (χ0n) is 14.8. The largest absolute Gasteiger partial charge is 0.334 e. The van der Waals surface area contributed by atoms with Crippen molar-refractivity contribution in [1.29, 1.82) is 0 Å². The fraction of sp³-hybridized carbons (Fsp3) is 0.500. The van der Waals surface area contributed by atoms with Crippen molar-refractivity contribution in [2.24, 2.45) is 5.92 Å². The van der Waals surface area contributed by atoms with Gasteiger partial charge in [0.15, 0.2) is 0 Å². The monoisotopic (exact) mass is 338 g/mol. The van der Waals surface area contributed by atoms with Crippen molar-refractivity contribution >= 4 is 6.03 Å². The van der Waals surface area contributed by atoms with Gasteiger partial charge in [0.2, 0.25) is 0 Å². The van der Waals surface area contributed by atoms with Crippen LogP contribution in [-0.2, 0) is 19.5 Å². The number of fused-ring (bicyclic) bond motifs is 1. The highest BCUT2D eigenvalue weighted by atomic mass is 16.2. The third-order valence-corrected chi connectivity index (χ3v) is 5.62. The summed E-state index contributed by atoms with van der Waals surface area (Å²) in [6, 6.07) is 6.36. The van der Waals surface area contributed by atoms with E-state index in [1.165, 1.54) is 36.0 Å². The van der Waals surface area contributed by atoms with Gasteiger partial charge >= 0.3 is 6.03 Å². The summed E-state index contributed by atoms with van der Waals surface area (Å²) in [5.41, 5.74) is 5.03. The van der Waals surface area contributed by atoms with E-state index in [1.54, 1.807) is 0 Å². The minimum absolute atomic E-state index is 0.105. The molecule has 1 atom stereocenters. The van der Waals surface area contributed by atoms with Crippen LogP contribution in [0.3, 0.4) is 0 Å². The lowest BCUT2D eigenvalue weighted by Gasteiger charge is -2.24. The molecule has 5 heteroatoms. The van der Waals surface area contributed by atoms with Crippen LogP contribution in [0.4, 0.5) is 4.79 Å². The Labute approximate surface area is 148 Å². The highest BCUT2D eigenvalue weighted by Gasteiger charge is 2.24. The SMILES string of the molecule is Cc1cccc2c1CCC2NC(=O)NCc1cnn(CC2CCC2)c1. The Morgan fingerprint density at radius 2 is 2.20 bits per heavy atom. The molecule has 0 bridgehead atoms. The van der Waals surface area contributed by atoms with Gasteiger partial charge in [0.05, 0.1) is 12.2 Å². The Morgan fingerprint density at radius 3 is 3.00 bits per heavy atom. The van der Waals surface area contributed by atoms with E-state index >= 15 is 0 Å². The number of amides is 2. The molecule has 2 N–H and O–H groups in total. The maximum Gasteiger partial charge on any atom is 0.315 e. The van der Waals surface area contributed by atoms with E-state index in [1.807, 2.05) is 17.1 Å². The van der Waals surface area contributed by atoms with E-state index in [4.69, 9.17) is 0 Å². The van der Waals surface area contributed by atoms with Crippen LogP contribution in [0.2, 0.25) is 0 Å². The first-order chi connectivity index (χ1) is 12.2. The van der Waals surface area contributed by atoms with E-state index in [9.17, 15) is 4.79 Å². The number of aromatic nitrogens is 2. The maximum absolute atomic E-state index is 12.3. The number of urea groups is 1. The van der Waals surface area contributed by atoms with Gasteiger partial charge in [0.25, 0.3) is 0 Å². The number of aryl methyl sites for hydroxylation is 1. The standard InChI is InChI=1S/C20H26N4O/c1-14-4-2-7-18-17(14)8-9-19(18)23-20(25)21-10-16-11-22-24(13-16)12-15-5-3-6-15/h2,4,7,11,13,15,19H,3,5-6,8-10,12H2,1H3,(H2,21,23,25). The molecule has 25 heavy (non-hydrogen) atoms. The Bertz CT molecular complexity index is 763. The lowest BCUT2D eigenvalue weighted by molar-refractivity contribution is 0.236. The second-order valence-corrected chi connectivity index (χ2v) is 7.43. The number of hydrogen-bond donors (Lipinski definition) is 2.